The van der Waals surface area contributed by atoms with E-state index in [0.717, 1.165) is 12.8 Å². The summed E-state index contributed by atoms with van der Waals surface area (Å²) in [6.45, 7) is 3.23. The molecule has 1 heterocycles. The molecule has 2 amide bonds. The topological polar surface area (TPSA) is 69.6 Å². The number of carbonyl (C=O) groups excluding carboxylic acids is 2. The van der Waals surface area contributed by atoms with Crippen LogP contribution < -0.4 is 5.32 Å². The maximum Gasteiger partial charge on any atom is 0.313 e. The van der Waals surface area contributed by atoms with Crippen molar-refractivity contribution in [3.63, 3.8) is 0 Å². The Morgan fingerprint density at radius 3 is 2.61 bits per heavy atom. The monoisotopic (exact) mass is 318 g/mol. The van der Waals surface area contributed by atoms with E-state index in [0.29, 0.717) is 18.8 Å². The number of aliphatic hydroxyl groups excluding tert-OH is 1. The van der Waals surface area contributed by atoms with E-state index in [9.17, 15) is 9.59 Å². The average Bonchev–Trinajstić information content (AvgIpc) is 3.05. The number of nitrogens with one attached hydrogen (secondary N) is 1. The minimum atomic E-state index is -0.609. The van der Waals surface area contributed by atoms with Crippen molar-refractivity contribution >= 4 is 17.5 Å². The van der Waals surface area contributed by atoms with Gasteiger partial charge in [0.2, 0.25) is 0 Å². The Kier molecular flexibility index (Phi) is 6.59. The lowest BCUT2D eigenvalue weighted by Crippen LogP contribution is -2.38. The maximum absolute atomic E-state index is 12.1. The number of hydrogen-bond acceptors (Lipinski definition) is 3. The summed E-state index contributed by atoms with van der Waals surface area (Å²) in [5, 5.41) is 11.8. The Bertz CT molecular complexity index is 528. The summed E-state index contributed by atoms with van der Waals surface area (Å²) < 4.78 is 0. The predicted octanol–water partition coefficient (Wildman–Crippen LogP) is 2.20. The summed E-state index contributed by atoms with van der Waals surface area (Å²) in [4.78, 5) is 25.6. The van der Waals surface area contributed by atoms with Gasteiger partial charge in [-0.3, -0.25) is 9.59 Å². The first-order valence-electron chi connectivity index (χ1n) is 8.44. The quantitative estimate of drug-likeness (QED) is 0.624. The van der Waals surface area contributed by atoms with Gasteiger partial charge in [-0.25, -0.2) is 0 Å². The number of benzene rings is 1. The van der Waals surface area contributed by atoms with Crippen molar-refractivity contribution < 1.29 is 14.7 Å². The third-order valence-electron chi connectivity index (χ3n) is 4.31. The molecule has 1 aromatic rings. The first-order valence-corrected chi connectivity index (χ1v) is 8.44. The maximum atomic E-state index is 12.1. The SMILES string of the molecule is CCCCCc1ccc(NC(=O)C(=O)N2CCC(CO)C2)cc1. The van der Waals surface area contributed by atoms with Crippen molar-refractivity contribution in [1.82, 2.24) is 4.90 Å². The van der Waals surface area contributed by atoms with Crippen molar-refractivity contribution in [3.8, 4) is 0 Å². The van der Waals surface area contributed by atoms with Gasteiger partial charge in [0.25, 0.3) is 0 Å². The minimum absolute atomic E-state index is 0.0604. The lowest BCUT2D eigenvalue weighted by molar-refractivity contribution is -0.142. The van der Waals surface area contributed by atoms with Gasteiger partial charge >= 0.3 is 11.8 Å². The zero-order chi connectivity index (χ0) is 16.7. The summed E-state index contributed by atoms with van der Waals surface area (Å²) in [5.74, 6) is -1.04. The van der Waals surface area contributed by atoms with E-state index >= 15 is 0 Å². The van der Waals surface area contributed by atoms with Crippen LogP contribution in [0.4, 0.5) is 5.69 Å². The molecule has 0 saturated carbocycles. The van der Waals surface area contributed by atoms with Crippen LogP contribution in [0.25, 0.3) is 0 Å². The van der Waals surface area contributed by atoms with Crippen molar-refractivity contribution in [2.24, 2.45) is 5.92 Å². The van der Waals surface area contributed by atoms with Crippen LogP contribution >= 0.6 is 0 Å². The number of likely N-dealkylation sites (tertiary alicyclic amines) is 1. The molecule has 1 saturated heterocycles. The molecule has 0 aromatic heterocycles. The molecule has 2 rings (SSSR count). The summed E-state index contributed by atoms with van der Waals surface area (Å²) >= 11 is 0. The summed E-state index contributed by atoms with van der Waals surface area (Å²) in [6, 6.07) is 7.67. The Labute approximate surface area is 137 Å². The largest absolute Gasteiger partial charge is 0.396 e. The first-order chi connectivity index (χ1) is 11.1. The molecule has 1 aromatic carbocycles. The summed E-state index contributed by atoms with van der Waals surface area (Å²) in [5.41, 5.74) is 1.88. The number of amides is 2. The highest BCUT2D eigenvalue weighted by atomic mass is 16.3. The molecule has 0 radical (unpaired) electrons. The first kappa shape index (κ1) is 17.5. The number of hydrogen-bond donors (Lipinski definition) is 2. The van der Waals surface area contributed by atoms with E-state index < -0.39 is 11.8 Å². The standard InChI is InChI=1S/C18H26N2O3/c1-2-3-4-5-14-6-8-16(9-7-14)19-17(22)18(23)20-11-10-15(12-20)13-21/h6-9,15,21H,2-5,10-13H2,1H3,(H,19,22). The van der Waals surface area contributed by atoms with Crippen LogP contribution in [0.2, 0.25) is 0 Å². The van der Waals surface area contributed by atoms with Gasteiger partial charge in [0.15, 0.2) is 0 Å². The minimum Gasteiger partial charge on any atom is -0.396 e. The molecule has 126 valence electrons. The molecule has 1 aliphatic rings. The number of anilines is 1. The van der Waals surface area contributed by atoms with Gasteiger partial charge in [0.05, 0.1) is 0 Å². The van der Waals surface area contributed by atoms with Crippen LogP contribution in [0.5, 0.6) is 0 Å². The molecule has 1 fully saturated rings. The molecule has 1 aliphatic heterocycles. The Hall–Kier alpha value is -1.88. The number of rotatable bonds is 6. The fraction of sp³-hybridized carbons (Fsp3) is 0.556. The highest BCUT2D eigenvalue weighted by molar-refractivity contribution is 6.39. The van der Waals surface area contributed by atoms with Gasteiger partial charge in [0.1, 0.15) is 0 Å². The van der Waals surface area contributed by atoms with Crippen molar-refractivity contribution in [1.29, 1.82) is 0 Å². The molecule has 23 heavy (non-hydrogen) atoms. The van der Waals surface area contributed by atoms with E-state index in [1.54, 1.807) is 0 Å². The van der Waals surface area contributed by atoms with Crippen molar-refractivity contribution in [2.45, 2.75) is 39.0 Å². The number of aliphatic hydroxyl groups is 1. The molecule has 0 spiro atoms. The number of carbonyl (C=O) groups is 2. The van der Waals surface area contributed by atoms with Crippen LogP contribution in [0.3, 0.4) is 0 Å². The Morgan fingerprint density at radius 2 is 2.00 bits per heavy atom. The van der Waals surface area contributed by atoms with Crippen LogP contribution in [0.15, 0.2) is 24.3 Å². The molecular weight excluding hydrogens is 292 g/mol. The molecule has 0 aliphatic carbocycles. The van der Waals surface area contributed by atoms with E-state index in [-0.39, 0.29) is 12.5 Å². The molecule has 1 unspecified atom stereocenters. The predicted molar refractivity (Wildman–Crippen MR) is 90.1 cm³/mol. The van der Waals surface area contributed by atoms with E-state index in [1.807, 2.05) is 24.3 Å². The third kappa shape index (κ3) is 5.06. The van der Waals surface area contributed by atoms with Crippen molar-refractivity contribution in [2.75, 3.05) is 25.0 Å². The summed E-state index contributed by atoms with van der Waals surface area (Å²) in [6.07, 6.45) is 5.38. The summed E-state index contributed by atoms with van der Waals surface area (Å²) in [7, 11) is 0. The van der Waals surface area contributed by atoms with Crippen LogP contribution in [0.1, 0.15) is 38.2 Å². The second kappa shape index (κ2) is 8.67. The number of nitrogens with zero attached hydrogens (tertiary/aromatic N) is 1. The molecule has 5 nitrogen and oxygen atoms in total. The third-order valence-corrected chi connectivity index (χ3v) is 4.31. The second-order valence-corrected chi connectivity index (χ2v) is 6.20. The molecule has 1 atom stereocenters. The normalized spacial score (nSPS) is 17.3. The van der Waals surface area contributed by atoms with Gasteiger partial charge < -0.3 is 15.3 Å². The average molecular weight is 318 g/mol. The van der Waals surface area contributed by atoms with Gasteiger partial charge in [-0.2, -0.15) is 0 Å². The zero-order valence-electron chi connectivity index (χ0n) is 13.8. The Balaban J connectivity index is 1.84. The fourth-order valence-electron chi connectivity index (χ4n) is 2.83. The van der Waals surface area contributed by atoms with Crippen LogP contribution in [-0.4, -0.2) is 41.5 Å². The molecule has 2 N–H and O–H groups in total. The van der Waals surface area contributed by atoms with Crippen LogP contribution in [0, 0.1) is 5.92 Å². The van der Waals surface area contributed by atoms with E-state index in [4.69, 9.17) is 5.11 Å². The highest BCUT2D eigenvalue weighted by Gasteiger charge is 2.29. The van der Waals surface area contributed by atoms with Gasteiger partial charge in [-0.15, -0.1) is 0 Å². The molecule has 5 heteroatoms. The molecule has 0 bridgehead atoms. The highest BCUT2D eigenvalue weighted by Crippen LogP contribution is 2.16. The van der Waals surface area contributed by atoms with Gasteiger partial charge in [0, 0.05) is 31.3 Å². The fourth-order valence-corrected chi connectivity index (χ4v) is 2.83. The smallest absolute Gasteiger partial charge is 0.313 e. The Morgan fingerprint density at radius 1 is 1.26 bits per heavy atom. The van der Waals surface area contributed by atoms with Gasteiger partial charge in [-0.1, -0.05) is 31.9 Å². The number of aryl methyl sites for hydroxylation is 1. The molecular formula is C18H26N2O3. The second-order valence-electron chi connectivity index (χ2n) is 6.20. The van der Waals surface area contributed by atoms with E-state index in [1.165, 1.54) is 29.7 Å². The zero-order valence-corrected chi connectivity index (χ0v) is 13.8. The van der Waals surface area contributed by atoms with Crippen LogP contribution in [-0.2, 0) is 16.0 Å². The van der Waals surface area contributed by atoms with Crippen molar-refractivity contribution in [3.05, 3.63) is 29.8 Å². The van der Waals surface area contributed by atoms with Gasteiger partial charge in [-0.05, 0) is 37.0 Å². The lowest BCUT2D eigenvalue weighted by Gasteiger charge is -2.15. The number of unbranched alkanes of at least 4 members (excludes halogenated alkanes) is 2. The lowest BCUT2D eigenvalue weighted by atomic mass is 10.1. The van der Waals surface area contributed by atoms with E-state index in [2.05, 4.69) is 12.2 Å².